The summed E-state index contributed by atoms with van der Waals surface area (Å²) in [6, 6.07) is 27.5. The van der Waals surface area contributed by atoms with Crippen LogP contribution in [0.15, 0.2) is 84.9 Å². The quantitative estimate of drug-likeness (QED) is 0.125. The Hall–Kier alpha value is -4.98. The van der Waals surface area contributed by atoms with Crippen LogP contribution in [0.5, 0.6) is 5.75 Å². The Labute approximate surface area is 286 Å². The van der Waals surface area contributed by atoms with E-state index in [-0.39, 0.29) is 21.4 Å². The van der Waals surface area contributed by atoms with Crippen LogP contribution < -0.4 is 4.74 Å². The summed E-state index contributed by atoms with van der Waals surface area (Å²) < 4.78 is 7.91. The SMILES string of the molecule is CC(C)c1ccc2c(c1)CC[C@H]1[C@@](C)(Cn3c(-c4cccc(OCC(=O)O)c4)nc4cc(-c5cccc([N+](=O)[O-])c5)ccc43)CCC[C@]21C. The number of rotatable bonds is 9. The maximum Gasteiger partial charge on any atom is 0.341 e. The number of carbonyl (C=O) groups is 1. The second-order valence-corrected chi connectivity index (χ2v) is 14.8. The molecule has 0 amide bonds. The van der Waals surface area contributed by atoms with Gasteiger partial charge in [0, 0.05) is 24.2 Å². The minimum absolute atomic E-state index is 0.0140. The van der Waals surface area contributed by atoms with E-state index in [1.165, 1.54) is 29.2 Å². The molecule has 3 atom stereocenters. The number of ether oxygens (including phenoxy) is 1. The van der Waals surface area contributed by atoms with Crippen molar-refractivity contribution in [1.82, 2.24) is 9.55 Å². The van der Waals surface area contributed by atoms with Crippen LogP contribution >= 0.6 is 0 Å². The molecule has 252 valence electrons. The van der Waals surface area contributed by atoms with Gasteiger partial charge in [-0.1, -0.05) is 82.6 Å². The Balaban J connectivity index is 1.32. The number of fused-ring (bicyclic) bond motifs is 4. The van der Waals surface area contributed by atoms with E-state index in [4.69, 9.17) is 9.72 Å². The summed E-state index contributed by atoms with van der Waals surface area (Å²) in [5, 5.41) is 20.7. The van der Waals surface area contributed by atoms with Gasteiger partial charge in [0.2, 0.25) is 0 Å². The number of aryl methyl sites for hydroxylation is 1. The maximum atomic E-state index is 11.5. The van der Waals surface area contributed by atoms with Gasteiger partial charge in [-0.25, -0.2) is 9.78 Å². The van der Waals surface area contributed by atoms with Gasteiger partial charge in [0.05, 0.1) is 16.0 Å². The fourth-order valence-corrected chi connectivity index (χ4v) is 8.91. The van der Waals surface area contributed by atoms with Crippen molar-refractivity contribution in [2.24, 2.45) is 11.3 Å². The second-order valence-electron chi connectivity index (χ2n) is 14.8. The molecular weight excluding hydrogens is 614 g/mol. The van der Waals surface area contributed by atoms with Gasteiger partial charge in [0.25, 0.3) is 5.69 Å². The van der Waals surface area contributed by atoms with Crippen LogP contribution in [0.4, 0.5) is 5.69 Å². The summed E-state index contributed by atoms with van der Waals surface area (Å²) in [5.41, 5.74) is 8.78. The zero-order valence-corrected chi connectivity index (χ0v) is 28.6. The van der Waals surface area contributed by atoms with Crippen LogP contribution in [-0.2, 0) is 23.2 Å². The molecule has 0 radical (unpaired) electrons. The van der Waals surface area contributed by atoms with Crippen molar-refractivity contribution in [2.75, 3.05) is 6.61 Å². The number of carboxylic acid groups (broad SMARTS) is 1. The van der Waals surface area contributed by atoms with E-state index in [9.17, 15) is 20.0 Å². The molecule has 2 aliphatic carbocycles. The largest absolute Gasteiger partial charge is 0.482 e. The summed E-state index contributed by atoms with van der Waals surface area (Å²) in [5.74, 6) is 1.21. The average molecular weight is 658 g/mol. The van der Waals surface area contributed by atoms with Gasteiger partial charge in [0.15, 0.2) is 6.61 Å². The molecule has 0 spiro atoms. The fraction of sp³-hybridized carbons (Fsp3) is 0.366. The third kappa shape index (κ3) is 5.98. The zero-order chi connectivity index (χ0) is 34.5. The molecule has 0 unspecified atom stereocenters. The van der Waals surface area contributed by atoms with Crippen LogP contribution in [0.1, 0.15) is 76.0 Å². The van der Waals surface area contributed by atoms with E-state index in [2.05, 4.69) is 56.5 Å². The van der Waals surface area contributed by atoms with E-state index in [1.807, 2.05) is 36.4 Å². The summed E-state index contributed by atoms with van der Waals surface area (Å²) in [4.78, 5) is 27.6. The number of imidazole rings is 1. The number of nitrogens with zero attached hydrogens (tertiary/aromatic N) is 3. The molecule has 2 aliphatic rings. The molecule has 1 fully saturated rings. The molecular formula is C41H43N3O5. The highest BCUT2D eigenvalue weighted by molar-refractivity contribution is 5.86. The lowest BCUT2D eigenvalue weighted by Gasteiger charge is -2.56. The topological polar surface area (TPSA) is 107 Å². The zero-order valence-electron chi connectivity index (χ0n) is 28.6. The Morgan fingerprint density at radius 1 is 1.00 bits per heavy atom. The molecule has 1 heterocycles. The smallest absolute Gasteiger partial charge is 0.341 e. The molecule has 8 nitrogen and oxygen atoms in total. The first-order valence-electron chi connectivity index (χ1n) is 17.3. The Morgan fingerprint density at radius 2 is 1.78 bits per heavy atom. The molecule has 5 aromatic rings. The van der Waals surface area contributed by atoms with Gasteiger partial charge < -0.3 is 14.4 Å². The predicted molar refractivity (Wildman–Crippen MR) is 192 cm³/mol. The Bertz CT molecular complexity index is 2080. The van der Waals surface area contributed by atoms with Gasteiger partial charge in [-0.15, -0.1) is 0 Å². The first kappa shape index (κ1) is 32.6. The van der Waals surface area contributed by atoms with E-state index >= 15 is 0 Å². The number of aromatic nitrogens is 2. The van der Waals surface area contributed by atoms with Crippen molar-refractivity contribution in [3.8, 4) is 28.3 Å². The van der Waals surface area contributed by atoms with Crippen LogP contribution in [0.25, 0.3) is 33.5 Å². The number of non-ortho nitro benzene ring substituents is 1. The summed E-state index contributed by atoms with van der Waals surface area (Å²) in [7, 11) is 0. The molecule has 0 saturated heterocycles. The van der Waals surface area contributed by atoms with E-state index in [0.29, 0.717) is 17.6 Å². The van der Waals surface area contributed by atoms with Gasteiger partial charge in [-0.2, -0.15) is 0 Å². The highest BCUT2D eigenvalue weighted by atomic mass is 16.6. The predicted octanol–water partition coefficient (Wildman–Crippen LogP) is 9.58. The number of benzene rings is 4. The molecule has 1 aromatic heterocycles. The minimum atomic E-state index is -1.03. The van der Waals surface area contributed by atoms with Gasteiger partial charge in [-0.05, 0) is 100 Å². The summed E-state index contributed by atoms with van der Waals surface area (Å²) >= 11 is 0. The molecule has 7 rings (SSSR count). The highest BCUT2D eigenvalue weighted by Gasteiger charge is 2.52. The molecule has 0 bridgehead atoms. The molecule has 0 aliphatic heterocycles. The number of carboxylic acids is 1. The summed E-state index contributed by atoms with van der Waals surface area (Å²) in [6.07, 6.45) is 5.65. The summed E-state index contributed by atoms with van der Waals surface area (Å²) in [6.45, 7) is 9.83. The van der Waals surface area contributed by atoms with E-state index in [0.717, 1.165) is 65.8 Å². The van der Waals surface area contributed by atoms with Crippen molar-refractivity contribution in [2.45, 2.75) is 77.7 Å². The van der Waals surface area contributed by atoms with Crippen LogP contribution in [0.3, 0.4) is 0 Å². The Morgan fingerprint density at radius 3 is 2.55 bits per heavy atom. The number of aliphatic carboxylic acids is 1. The van der Waals surface area contributed by atoms with Crippen LogP contribution in [0, 0.1) is 21.4 Å². The van der Waals surface area contributed by atoms with Crippen molar-refractivity contribution in [3.63, 3.8) is 0 Å². The molecule has 4 aromatic carbocycles. The van der Waals surface area contributed by atoms with Gasteiger partial charge in [0.1, 0.15) is 11.6 Å². The standard InChI is InChI=1S/C41H43N3O5/c1-26(2)27-12-15-34-30(20-27)14-17-37-40(3,18-7-19-41(34,37)4)25-43-36-16-13-29(28-8-5-10-32(21-28)44(47)48)23-35(36)42-39(43)31-9-6-11-33(22-31)49-24-38(45)46/h5-6,8-13,15-16,20-23,26,37H,7,14,17-19,24-25H2,1-4H3,(H,45,46)/t37-,40+,41+/m0/s1. The third-order valence-electron chi connectivity index (χ3n) is 11.3. The first-order chi connectivity index (χ1) is 23.4. The van der Waals surface area contributed by atoms with E-state index in [1.54, 1.807) is 18.2 Å². The fourth-order valence-electron chi connectivity index (χ4n) is 8.91. The van der Waals surface area contributed by atoms with E-state index < -0.39 is 12.6 Å². The molecule has 8 heteroatoms. The number of hydrogen-bond donors (Lipinski definition) is 1. The monoisotopic (exact) mass is 657 g/mol. The van der Waals surface area contributed by atoms with Crippen LogP contribution in [0.2, 0.25) is 0 Å². The second kappa shape index (κ2) is 12.5. The average Bonchev–Trinajstić information content (AvgIpc) is 3.44. The van der Waals surface area contributed by atoms with Crippen molar-refractivity contribution in [1.29, 1.82) is 0 Å². The lowest BCUT2D eigenvalue weighted by atomic mass is 9.49. The first-order valence-corrected chi connectivity index (χ1v) is 17.3. The van der Waals surface area contributed by atoms with Gasteiger partial charge >= 0.3 is 5.97 Å². The lowest BCUT2D eigenvalue weighted by molar-refractivity contribution is -0.384. The number of nitro groups is 1. The normalized spacial score (nSPS) is 21.7. The third-order valence-corrected chi connectivity index (χ3v) is 11.3. The lowest BCUT2D eigenvalue weighted by Crippen LogP contribution is -2.50. The molecule has 1 saturated carbocycles. The number of nitro benzene ring substituents is 1. The van der Waals surface area contributed by atoms with Crippen LogP contribution in [-0.4, -0.2) is 32.2 Å². The number of hydrogen-bond acceptors (Lipinski definition) is 5. The van der Waals surface area contributed by atoms with Gasteiger partial charge in [-0.3, -0.25) is 10.1 Å². The minimum Gasteiger partial charge on any atom is -0.482 e. The molecule has 1 N–H and O–H groups in total. The Kier molecular flexibility index (Phi) is 8.29. The van der Waals surface area contributed by atoms with Crippen molar-refractivity contribution < 1.29 is 19.6 Å². The molecule has 49 heavy (non-hydrogen) atoms. The maximum absolute atomic E-state index is 11.5. The highest BCUT2D eigenvalue weighted by Crippen LogP contribution is 2.58. The van der Waals surface area contributed by atoms with Crippen molar-refractivity contribution >= 4 is 22.7 Å². The van der Waals surface area contributed by atoms with Crippen molar-refractivity contribution in [3.05, 3.63) is 112 Å².